The number of para-hydroxylation sites is 2. The van der Waals surface area contributed by atoms with Crippen LogP contribution in [0.1, 0.15) is 76.8 Å². The van der Waals surface area contributed by atoms with Crippen LogP contribution in [0.25, 0.3) is 0 Å². The number of allylic oxidation sites excluding steroid dienone is 2. The number of hydrogen-bond acceptors (Lipinski definition) is 2. The van der Waals surface area contributed by atoms with Crippen LogP contribution in [0.5, 0.6) is 0 Å². The first kappa shape index (κ1) is 20.1. The standard InChI is InChI=1S/C27H36N2/c1-4-7-14-21-15-12-18-24-26(21)28-25(13-5-2)29(24)23-17-9-8-16-22(23)27(6-3)19-10-11-20-27/h8-10,12,15-19,25,28H,4-7,11,13-14,20H2,1-3H3. The molecule has 154 valence electrons. The molecule has 2 atom stereocenters. The van der Waals surface area contributed by atoms with Gasteiger partial charge in [0.1, 0.15) is 6.17 Å². The Bertz CT molecular complexity index is 869. The number of hydrogen-bond donors (Lipinski definition) is 1. The highest BCUT2D eigenvalue weighted by molar-refractivity contribution is 5.86. The SMILES string of the molecule is CCCCc1cccc2c1NC(CCC)N2c1ccccc1C1(CC)C=CCC1. The van der Waals surface area contributed by atoms with E-state index in [0.29, 0.717) is 6.17 Å². The largest absolute Gasteiger partial charge is 0.363 e. The first-order valence-corrected chi connectivity index (χ1v) is 11.7. The lowest BCUT2D eigenvalue weighted by Gasteiger charge is -2.35. The van der Waals surface area contributed by atoms with Crippen molar-refractivity contribution < 1.29 is 0 Å². The average molecular weight is 389 g/mol. The van der Waals surface area contributed by atoms with Crippen molar-refractivity contribution in [1.82, 2.24) is 0 Å². The van der Waals surface area contributed by atoms with E-state index in [2.05, 4.69) is 85.6 Å². The van der Waals surface area contributed by atoms with Gasteiger partial charge in [0, 0.05) is 11.1 Å². The maximum atomic E-state index is 3.92. The van der Waals surface area contributed by atoms with Crippen molar-refractivity contribution in [2.45, 2.75) is 83.7 Å². The molecule has 29 heavy (non-hydrogen) atoms. The lowest BCUT2D eigenvalue weighted by Crippen LogP contribution is -2.34. The second-order valence-corrected chi connectivity index (χ2v) is 8.70. The van der Waals surface area contributed by atoms with Crippen LogP contribution in [-0.2, 0) is 11.8 Å². The van der Waals surface area contributed by atoms with E-state index in [9.17, 15) is 0 Å². The van der Waals surface area contributed by atoms with Crippen LogP contribution in [0.4, 0.5) is 17.1 Å². The molecule has 2 aromatic rings. The zero-order valence-electron chi connectivity index (χ0n) is 18.4. The highest BCUT2D eigenvalue weighted by Crippen LogP contribution is 2.49. The Morgan fingerprint density at radius 1 is 1.00 bits per heavy atom. The normalized spacial score (nSPS) is 22.7. The number of nitrogens with zero attached hydrogens (tertiary/aromatic N) is 1. The predicted molar refractivity (Wildman–Crippen MR) is 126 cm³/mol. The fourth-order valence-electron chi connectivity index (χ4n) is 5.25. The lowest BCUT2D eigenvalue weighted by atomic mass is 9.76. The number of benzene rings is 2. The molecule has 2 heteroatoms. The van der Waals surface area contributed by atoms with Crippen molar-refractivity contribution in [3.8, 4) is 0 Å². The molecule has 1 N–H and O–H groups in total. The molecule has 0 saturated heterocycles. The first-order chi connectivity index (χ1) is 14.2. The lowest BCUT2D eigenvalue weighted by molar-refractivity contribution is 0.503. The summed E-state index contributed by atoms with van der Waals surface area (Å²) >= 11 is 0. The first-order valence-electron chi connectivity index (χ1n) is 11.7. The van der Waals surface area contributed by atoms with Crippen molar-refractivity contribution in [3.63, 3.8) is 0 Å². The molecule has 0 spiro atoms. The van der Waals surface area contributed by atoms with Gasteiger partial charge < -0.3 is 10.2 Å². The maximum Gasteiger partial charge on any atom is 0.104 e. The summed E-state index contributed by atoms with van der Waals surface area (Å²) in [6.45, 7) is 6.91. The van der Waals surface area contributed by atoms with Gasteiger partial charge in [0.05, 0.1) is 11.4 Å². The molecular weight excluding hydrogens is 352 g/mol. The van der Waals surface area contributed by atoms with Crippen molar-refractivity contribution in [2.24, 2.45) is 0 Å². The second kappa shape index (κ2) is 8.65. The second-order valence-electron chi connectivity index (χ2n) is 8.70. The molecule has 0 amide bonds. The number of anilines is 3. The summed E-state index contributed by atoms with van der Waals surface area (Å²) in [6.07, 6.45) is 14.7. The van der Waals surface area contributed by atoms with Crippen LogP contribution in [0, 0.1) is 0 Å². The van der Waals surface area contributed by atoms with Gasteiger partial charge in [-0.1, -0.05) is 76.1 Å². The van der Waals surface area contributed by atoms with Crippen LogP contribution in [-0.4, -0.2) is 6.17 Å². The van der Waals surface area contributed by atoms with E-state index in [1.54, 1.807) is 0 Å². The highest BCUT2D eigenvalue weighted by Gasteiger charge is 2.37. The van der Waals surface area contributed by atoms with E-state index in [1.807, 2.05) is 0 Å². The summed E-state index contributed by atoms with van der Waals surface area (Å²) in [5, 5.41) is 3.92. The van der Waals surface area contributed by atoms with E-state index in [1.165, 1.54) is 60.3 Å². The minimum Gasteiger partial charge on any atom is -0.363 e. The molecule has 0 saturated carbocycles. The van der Waals surface area contributed by atoms with Gasteiger partial charge in [-0.15, -0.1) is 0 Å². The summed E-state index contributed by atoms with van der Waals surface area (Å²) in [5.74, 6) is 0. The Labute approximate surface area is 177 Å². The third-order valence-corrected chi connectivity index (χ3v) is 6.90. The molecule has 0 fully saturated rings. The van der Waals surface area contributed by atoms with Crippen LogP contribution in [0.3, 0.4) is 0 Å². The van der Waals surface area contributed by atoms with Crippen LogP contribution < -0.4 is 10.2 Å². The van der Waals surface area contributed by atoms with E-state index in [-0.39, 0.29) is 5.41 Å². The summed E-state index contributed by atoms with van der Waals surface area (Å²) in [7, 11) is 0. The zero-order chi connectivity index (χ0) is 20.3. The quantitative estimate of drug-likeness (QED) is 0.466. The summed E-state index contributed by atoms with van der Waals surface area (Å²) in [6, 6.07) is 16.0. The molecular formula is C27H36N2. The average Bonchev–Trinajstić information content (AvgIpc) is 3.38. The van der Waals surface area contributed by atoms with Gasteiger partial charge >= 0.3 is 0 Å². The molecule has 2 unspecified atom stereocenters. The molecule has 4 rings (SSSR count). The smallest absolute Gasteiger partial charge is 0.104 e. The Kier molecular flexibility index (Phi) is 5.99. The molecule has 1 aliphatic carbocycles. The molecule has 1 heterocycles. The summed E-state index contributed by atoms with van der Waals surface area (Å²) in [5.41, 5.74) is 7.25. The van der Waals surface area contributed by atoms with Crippen LogP contribution >= 0.6 is 0 Å². The molecule has 0 radical (unpaired) electrons. The van der Waals surface area contributed by atoms with Crippen molar-refractivity contribution >= 4 is 17.1 Å². The Hall–Kier alpha value is -2.22. The summed E-state index contributed by atoms with van der Waals surface area (Å²) < 4.78 is 0. The summed E-state index contributed by atoms with van der Waals surface area (Å²) in [4.78, 5) is 2.60. The third-order valence-electron chi connectivity index (χ3n) is 6.90. The van der Waals surface area contributed by atoms with Gasteiger partial charge in [0.15, 0.2) is 0 Å². The molecule has 2 nitrogen and oxygen atoms in total. The van der Waals surface area contributed by atoms with Crippen LogP contribution in [0.15, 0.2) is 54.6 Å². The van der Waals surface area contributed by atoms with Crippen molar-refractivity contribution in [3.05, 3.63) is 65.7 Å². The van der Waals surface area contributed by atoms with E-state index < -0.39 is 0 Å². The molecule has 2 aromatic carbocycles. The topological polar surface area (TPSA) is 15.3 Å². The van der Waals surface area contributed by atoms with Crippen molar-refractivity contribution in [2.75, 3.05) is 10.2 Å². The van der Waals surface area contributed by atoms with E-state index in [4.69, 9.17) is 0 Å². The highest BCUT2D eigenvalue weighted by atomic mass is 15.3. The van der Waals surface area contributed by atoms with Gasteiger partial charge in [-0.05, 0) is 61.8 Å². The van der Waals surface area contributed by atoms with E-state index >= 15 is 0 Å². The molecule has 0 bridgehead atoms. The minimum absolute atomic E-state index is 0.177. The van der Waals surface area contributed by atoms with Gasteiger partial charge in [0.2, 0.25) is 0 Å². The van der Waals surface area contributed by atoms with Gasteiger partial charge in [-0.3, -0.25) is 0 Å². The molecule has 1 aliphatic heterocycles. The number of unbranched alkanes of at least 4 members (excludes halogenated alkanes) is 1. The van der Waals surface area contributed by atoms with Crippen molar-refractivity contribution in [1.29, 1.82) is 0 Å². The Morgan fingerprint density at radius 3 is 2.55 bits per heavy atom. The third kappa shape index (κ3) is 3.58. The van der Waals surface area contributed by atoms with Gasteiger partial charge in [0.25, 0.3) is 0 Å². The zero-order valence-corrected chi connectivity index (χ0v) is 18.4. The minimum atomic E-state index is 0.177. The maximum absolute atomic E-state index is 3.92. The van der Waals surface area contributed by atoms with E-state index in [0.717, 1.165) is 19.3 Å². The fraction of sp³-hybridized carbons (Fsp3) is 0.481. The number of fused-ring (bicyclic) bond motifs is 1. The van der Waals surface area contributed by atoms with Gasteiger partial charge in [-0.25, -0.2) is 0 Å². The molecule has 0 aromatic heterocycles. The predicted octanol–water partition coefficient (Wildman–Crippen LogP) is 7.72. The number of rotatable bonds is 8. The fourth-order valence-corrected chi connectivity index (χ4v) is 5.25. The number of aryl methyl sites for hydroxylation is 1. The Morgan fingerprint density at radius 2 is 1.83 bits per heavy atom. The van der Waals surface area contributed by atoms with Gasteiger partial charge in [-0.2, -0.15) is 0 Å². The monoisotopic (exact) mass is 388 g/mol. The number of nitrogens with one attached hydrogen (secondary N) is 1. The molecule has 2 aliphatic rings. The van der Waals surface area contributed by atoms with Crippen LogP contribution in [0.2, 0.25) is 0 Å². The Balaban J connectivity index is 1.82.